The number of nitrogens with zero attached hydrogens (tertiary/aromatic N) is 1. The quantitative estimate of drug-likeness (QED) is 0.565. The zero-order valence-corrected chi connectivity index (χ0v) is 15.4. The van der Waals surface area contributed by atoms with Gasteiger partial charge in [-0.15, -0.1) is 0 Å². The molecule has 0 N–H and O–H groups in total. The minimum absolute atomic E-state index is 0.0703. The van der Waals surface area contributed by atoms with Crippen molar-refractivity contribution >= 4 is 24.1 Å². The van der Waals surface area contributed by atoms with E-state index in [4.69, 9.17) is 9.47 Å². The summed E-state index contributed by atoms with van der Waals surface area (Å²) in [7, 11) is 0. The summed E-state index contributed by atoms with van der Waals surface area (Å²) >= 11 is 0. The number of rotatable bonds is 2. The number of aliphatic imine (C=N–C) groups is 1. The lowest BCUT2D eigenvalue weighted by Gasteiger charge is -2.55. The van der Waals surface area contributed by atoms with Crippen molar-refractivity contribution in [3.63, 3.8) is 0 Å². The van der Waals surface area contributed by atoms with E-state index in [0.29, 0.717) is 25.9 Å². The third kappa shape index (κ3) is 2.79. The maximum absolute atomic E-state index is 12.5. The fourth-order valence-corrected chi connectivity index (χ4v) is 5.81. The van der Waals surface area contributed by atoms with Crippen molar-refractivity contribution in [1.82, 2.24) is 0 Å². The summed E-state index contributed by atoms with van der Waals surface area (Å²) in [6, 6.07) is 0. The number of aldehydes is 1. The Morgan fingerprint density at radius 3 is 2.80 bits per heavy atom. The van der Waals surface area contributed by atoms with Crippen molar-refractivity contribution in [3.05, 3.63) is 0 Å². The largest absolute Gasteiger partial charge is 0.462 e. The first-order valence-electron chi connectivity index (χ1n) is 9.14. The van der Waals surface area contributed by atoms with Crippen LogP contribution in [0.2, 0.25) is 0 Å². The van der Waals surface area contributed by atoms with Crippen LogP contribution in [0.5, 0.6) is 0 Å². The predicted octanol–water partition coefficient (Wildman–Crippen LogP) is 3.18. The molecule has 3 rings (SSSR count). The van der Waals surface area contributed by atoms with E-state index >= 15 is 0 Å². The van der Waals surface area contributed by atoms with Crippen LogP contribution in [0.1, 0.15) is 53.4 Å². The number of cyclic esters (lactones) is 1. The zero-order chi connectivity index (χ0) is 18.4. The Bertz CT molecular complexity index is 629. The minimum Gasteiger partial charge on any atom is -0.462 e. The highest BCUT2D eigenvalue weighted by Crippen LogP contribution is 2.63. The van der Waals surface area contributed by atoms with Gasteiger partial charge in [0.1, 0.15) is 12.4 Å². The van der Waals surface area contributed by atoms with E-state index < -0.39 is 11.5 Å². The molecule has 0 unspecified atom stereocenters. The fourth-order valence-electron chi connectivity index (χ4n) is 5.81. The summed E-state index contributed by atoms with van der Waals surface area (Å²) in [5.74, 6) is -0.291. The van der Waals surface area contributed by atoms with Gasteiger partial charge in [0, 0.05) is 17.5 Å². The number of esters is 1. The standard InChI is InChI=1S/C19H27NO5/c1-5-24-17(23)20-12-6-7-14-13(9-21)15-11(2)25-16(22)19(15,4)10-18(14,3)8-12/h9,11,13-15H,5-8,10H2,1-4H3/t11-,13+,14+,15+,18+,19-/m1/s1. The Labute approximate surface area is 148 Å². The molecule has 0 aromatic rings. The molecule has 0 bridgehead atoms. The van der Waals surface area contributed by atoms with Gasteiger partial charge in [0.25, 0.3) is 0 Å². The molecule has 1 saturated heterocycles. The maximum Gasteiger partial charge on any atom is 0.433 e. The van der Waals surface area contributed by atoms with Gasteiger partial charge in [-0.1, -0.05) is 6.92 Å². The molecule has 2 saturated carbocycles. The van der Waals surface area contributed by atoms with Crippen molar-refractivity contribution in [2.45, 2.75) is 59.5 Å². The summed E-state index contributed by atoms with van der Waals surface area (Å²) < 4.78 is 10.4. The molecule has 0 spiro atoms. The van der Waals surface area contributed by atoms with Crippen LogP contribution < -0.4 is 0 Å². The van der Waals surface area contributed by atoms with Crippen LogP contribution in [-0.4, -0.2) is 36.8 Å². The Morgan fingerprint density at radius 2 is 2.16 bits per heavy atom. The molecule has 2 aliphatic carbocycles. The summed E-state index contributed by atoms with van der Waals surface area (Å²) in [6.45, 7) is 7.99. The molecule has 6 nitrogen and oxygen atoms in total. The smallest absolute Gasteiger partial charge is 0.433 e. The molecule has 6 heteroatoms. The molecule has 0 aromatic heterocycles. The zero-order valence-electron chi connectivity index (χ0n) is 15.4. The Balaban J connectivity index is 1.92. The molecule has 3 aliphatic rings. The molecule has 1 aliphatic heterocycles. The number of amides is 1. The lowest BCUT2D eigenvalue weighted by molar-refractivity contribution is -0.152. The average Bonchev–Trinajstić information content (AvgIpc) is 2.73. The van der Waals surface area contributed by atoms with Crippen molar-refractivity contribution in [2.75, 3.05) is 6.61 Å². The summed E-state index contributed by atoms with van der Waals surface area (Å²) in [5, 5.41) is 0. The summed E-state index contributed by atoms with van der Waals surface area (Å²) in [6.07, 6.45) is 3.00. The minimum atomic E-state index is -0.650. The Hall–Kier alpha value is -1.72. The number of hydrogen-bond acceptors (Lipinski definition) is 5. The van der Waals surface area contributed by atoms with Gasteiger partial charge in [-0.2, -0.15) is 4.99 Å². The molecule has 1 heterocycles. The first-order valence-corrected chi connectivity index (χ1v) is 9.14. The third-order valence-corrected chi connectivity index (χ3v) is 6.57. The highest BCUT2D eigenvalue weighted by molar-refractivity contribution is 5.94. The molecule has 0 radical (unpaired) electrons. The normalized spacial score (nSPS) is 44.6. The van der Waals surface area contributed by atoms with Gasteiger partial charge in [0.05, 0.1) is 12.0 Å². The van der Waals surface area contributed by atoms with Gasteiger partial charge >= 0.3 is 12.1 Å². The third-order valence-electron chi connectivity index (χ3n) is 6.57. The fraction of sp³-hybridized carbons (Fsp3) is 0.789. The van der Waals surface area contributed by atoms with Gasteiger partial charge in [0.2, 0.25) is 0 Å². The highest BCUT2D eigenvalue weighted by Gasteiger charge is 2.65. The highest BCUT2D eigenvalue weighted by atomic mass is 16.6. The van der Waals surface area contributed by atoms with E-state index in [1.165, 1.54) is 0 Å². The molecule has 1 amide bonds. The maximum atomic E-state index is 12.5. The van der Waals surface area contributed by atoms with Crippen molar-refractivity contribution in [3.8, 4) is 0 Å². The number of fused-ring (bicyclic) bond motifs is 2. The van der Waals surface area contributed by atoms with Crippen LogP contribution in [0.15, 0.2) is 4.99 Å². The number of carbonyl (C=O) groups is 3. The SMILES string of the molecule is CCOC(=O)N=C1CC[C@H]2[C@H](C=O)[C@@H]3[C@@H](C)OC(=O)[C@]3(C)C[C@]2(C)C1. The van der Waals surface area contributed by atoms with Crippen molar-refractivity contribution in [2.24, 2.45) is 33.6 Å². The van der Waals surface area contributed by atoms with E-state index in [9.17, 15) is 14.4 Å². The molecule has 3 fully saturated rings. The van der Waals surface area contributed by atoms with E-state index in [-0.39, 0.29) is 35.2 Å². The van der Waals surface area contributed by atoms with Crippen LogP contribution in [0.25, 0.3) is 0 Å². The van der Waals surface area contributed by atoms with E-state index in [2.05, 4.69) is 11.9 Å². The Kier molecular flexibility index (Phi) is 4.50. The second kappa shape index (κ2) is 6.22. The van der Waals surface area contributed by atoms with Gasteiger partial charge in [0.15, 0.2) is 0 Å². The molecular weight excluding hydrogens is 322 g/mol. The van der Waals surface area contributed by atoms with Crippen LogP contribution in [0.4, 0.5) is 4.79 Å². The first-order chi connectivity index (χ1) is 11.7. The van der Waals surface area contributed by atoms with E-state index in [0.717, 1.165) is 18.4 Å². The number of ether oxygens (including phenoxy) is 2. The van der Waals surface area contributed by atoms with Gasteiger partial charge < -0.3 is 14.3 Å². The summed E-state index contributed by atoms with van der Waals surface area (Å²) in [4.78, 5) is 40.3. The van der Waals surface area contributed by atoms with Crippen LogP contribution in [-0.2, 0) is 19.1 Å². The average molecular weight is 349 g/mol. The van der Waals surface area contributed by atoms with Crippen molar-refractivity contribution in [1.29, 1.82) is 0 Å². The second-order valence-corrected chi connectivity index (χ2v) is 8.30. The second-order valence-electron chi connectivity index (χ2n) is 8.30. The van der Waals surface area contributed by atoms with Gasteiger partial charge in [-0.3, -0.25) is 4.79 Å². The van der Waals surface area contributed by atoms with Gasteiger partial charge in [-0.25, -0.2) is 4.79 Å². The Morgan fingerprint density at radius 1 is 1.44 bits per heavy atom. The predicted molar refractivity (Wildman–Crippen MR) is 91.2 cm³/mol. The monoisotopic (exact) mass is 349 g/mol. The molecule has 25 heavy (non-hydrogen) atoms. The van der Waals surface area contributed by atoms with Gasteiger partial charge in [-0.05, 0) is 57.8 Å². The lowest BCUT2D eigenvalue weighted by atomic mass is 9.46. The number of carbonyl (C=O) groups excluding carboxylic acids is 3. The van der Waals surface area contributed by atoms with E-state index in [1.54, 1.807) is 6.92 Å². The van der Waals surface area contributed by atoms with Crippen LogP contribution in [0.3, 0.4) is 0 Å². The molecule has 0 aromatic carbocycles. The molecular formula is C19H27NO5. The number of hydrogen-bond donors (Lipinski definition) is 0. The summed E-state index contributed by atoms with van der Waals surface area (Å²) in [5.41, 5.74) is -0.0881. The lowest BCUT2D eigenvalue weighted by Crippen LogP contribution is -2.55. The molecule has 6 atom stereocenters. The van der Waals surface area contributed by atoms with Crippen LogP contribution >= 0.6 is 0 Å². The topological polar surface area (TPSA) is 82.0 Å². The van der Waals surface area contributed by atoms with E-state index in [1.807, 2.05) is 13.8 Å². The van der Waals surface area contributed by atoms with Crippen LogP contribution in [0, 0.1) is 28.6 Å². The molecule has 138 valence electrons. The van der Waals surface area contributed by atoms with Crippen molar-refractivity contribution < 1.29 is 23.9 Å². The first kappa shape index (κ1) is 18.1.